The van der Waals surface area contributed by atoms with E-state index >= 15 is 0 Å². The largest absolute Gasteiger partial charge is 0.481 e. The Morgan fingerprint density at radius 2 is 2.20 bits per heavy atom. The number of carbonyl (C=O) groups is 2. The standard InChI is InChI=1S/C11H13NO3/c1-7-3-4-12-6-9(7)10(13)5-8(2)11(14)15/h3-4,6,8H,5H2,1-2H3,(H,14,15). The van der Waals surface area contributed by atoms with E-state index in [1.165, 1.54) is 13.1 Å². The van der Waals surface area contributed by atoms with Crippen LogP contribution in [0, 0.1) is 12.8 Å². The number of pyridine rings is 1. The Labute approximate surface area is 88.0 Å². The van der Waals surface area contributed by atoms with Crippen molar-refractivity contribution >= 4 is 11.8 Å². The highest BCUT2D eigenvalue weighted by Crippen LogP contribution is 2.12. The molecule has 0 radical (unpaired) electrons. The molecule has 4 heteroatoms. The van der Waals surface area contributed by atoms with E-state index in [0.29, 0.717) is 5.56 Å². The summed E-state index contributed by atoms with van der Waals surface area (Å²) in [6, 6.07) is 1.73. The fourth-order valence-electron chi connectivity index (χ4n) is 1.23. The molecule has 80 valence electrons. The number of rotatable bonds is 4. The average molecular weight is 207 g/mol. The number of nitrogens with zero attached hydrogens (tertiary/aromatic N) is 1. The van der Waals surface area contributed by atoms with Crippen LogP contribution in [0.5, 0.6) is 0 Å². The van der Waals surface area contributed by atoms with E-state index in [2.05, 4.69) is 4.98 Å². The van der Waals surface area contributed by atoms with Gasteiger partial charge in [0.1, 0.15) is 0 Å². The number of ketones is 1. The molecule has 0 aromatic carbocycles. The maximum atomic E-state index is 11.7. The molecule has 0 saturated heterocycles. The van der Waals surface area contributed by atoms with Crippen LogP contribution >= 0.6 is 0 Å². The zero-order valence-corrected chi connectivity index (χ0v) is 8.73. The maximum Gasteiger partial charge on any atom is 0.306 e. The molecule has 15 heavy (non-hydrogen) atoms. The van der Waals surface area contributed by atoms with Crippen molar-refractivity contribution in [2.45, 2.75) is 20.3 Å². The smallest absolute Gasteiger partial charge is 0.306 e. The summed E-state index contributed by atoms with van der Waals surface area (Å²) >= 11 is 0. The first-order valence-electron chi connectivity index (χ1n) is 4.69. The van der Waals surface area contributed by atoms with Gasteiger partial charge in [-0.1, -0.05) is 6.92 Å². The Bertz CT molecular complexity index is 387. The van der Waals surface area contributed by atoms with Crippen LogP contribution in [0.25, 0.3) is 0 Å². The van der Waals surface area contributed by atoms with Gasteiger partial charge in [-0.15, -0.1) is 0 Å². The molecule has 1 rings (SSSR count). The van der Waals surface area contributed by atoms with Crippen LogP contribution in [-0.2, 0) is 4.79 Å². The monoisotopic (exact) mass is 207 g/mol. The summed E-state index contributed by atoms with van der Waals surface area (Å²) < 4.78 is 0. The minimum atomic E-state index is -0.954. The first-order valence-corrected chi connectivity index (χ1v) is 4.69. The van der Waals surface area contributed by atoms with Crippen LogP contribution in [0.3, 0.4) is 0 Å². The van der Waals surface area contributed by atoms with Crippen LogP contribution in [0.1, 0.15) is 29.3 Å². The van der Waals surface area contributed by atoms with Gasteiger partial charge in [-0.05, 0) is 18.6 Å². The molecular formula is C11H13NO3. The van der Waals surface area contributed by atoms with Gasteiger partial charge < -0.3 is 5.11 Å². The Morgan fingerprint density at radius 1 is 1.53 bits per heavy atom. The maximum absolute atomic E-state index is 11.7. The van der Waals surface area contributed by atoms with E-state index < -0.39 is 11.9 Å². The van der Waals surface area contributed by atoms with Crippen molar-refractivity contribution in [3.05, 3.63) is 29.6 Å². The molecule has 0 saturated carbocycles. The molecule has 1 unspecified atom stereocenters. The van der Waals surface area contributed by atoms with Gasteiger partial charge in [0, 0.05) is 24.4 Å². The van der Waals surface area contributed by atoms with Crippen molar-refractivity contribution in [2.24, 2.45) is 5.92 Å². The zero-order chi connectivity index (χ0) is 11.4. The number of aryl methyl sites for hydroxylation is 1. The second kappa shape index (κ2) is 4.68. The average Bonchev–Trinajstić information content (AvgIpc) is 2.18. The van der Waals surface area contributed by atoms with Crippen LogP contribution in [0.2, 0.25) is 0 Å². The van der Waals surface area contributed by atoms with Crippen LogP contribution < -0.4 is 0 Å². The second-order valence-corrected chi connectivity index (χ2v) is 3.56. The van der Waals surface area contributed by atoms with Crippen LogP contribution in [0.15, 0.2) is 18.5 Å². The van der Waals surface area contributed by atoms with E-state index in [-0.39, 0.29) is 12.2 Å². The van der Waals surface area contributed by atoms with Gasteiger partial charge in [-0.25, -0.2) is 0 Å². The number of aromatic nitrogens is 1. The third-order valence-corrected chi connectivity index (χ3v) is 2.25. The third-order valence-electron chi connectivity index (χ3n) is 2.25. The normalized spacial score (nSPS) is 12.1. The number of aliphatic carboxylic acids is 1. The van der Waals surface area contributed by atoms with E-state index in [1.54, 1.807) is 19.2 Å². The van der Waals surface area contributed by atoms with Crippen LogP contribution in [0.4, 0.5) is 0 Å². The number of Topliss-reactive ketones (excluding diaryl/α,β-unsaturated/α-hetero) is 1. The van der Waals surface area contributed by atoms with Crippen molar-refractivity contribution in [1.29, 1.82) is 0 Å². The van der Waals surface area contributed by atoms with E-state index in [4.69, 9.17) is 5.11 Å². The molecule has 1 aromatic heterocycles. The summed E-state index contributed by atoms with van der Waals surface area (Å²) in [5.74, 6) is -1.78. The number of hydrogen-bond acceptors (Lipinski definition) is 3. The Hall–Kier alpha value is -1.71. The van der Waals surface area contributed by atoms with Crippen molar-refractivity contribution in [3.8, 4) is 0 Å². The van der Waals surface area contributed by atoms with E-state index in [9.17, 15) is 9.59 Å². The lowest BCUT2D eigenvalue weighted by Gasteiger charge is -2.06. The predicted octanol–water partition coefficient (Wildman–Crippen LogP) is 1.68. The Kier molecular flexibility index (Phi) is 3.55. The number of carbonyl (C=O) groups excluding carboxylic acids is 1. The molecule has 1 heterocycles. The molecule has 0 bridgehead atoms. The summed E-state index contributed by atoms with van der Waals surface area (Å²) in [5, 5.41) is 8.68. The Balaban J connectivity index is 2.78. The molecular weight excluding hydrogens is 194 g/mol. The molecule has 1 atom stereocenters. The SMILES string of the molecule is Cc1ccncc1C(=O)CC(C)C(=O)O. The first-order chi connectivity index (χ1) is 7.02. The highest BCUT2D eigenvalue weighted by atomic mass is 16.4. The number of hydrogen-bond donors (Lipinski definition) is 1. The summed E-state index contributed by atoms with van der Waals surface area (Å²) in [6.07, 6.45) is 3.10. The first kappa shape index (κ1) is 11.4. The summed E-state index contributed by atoms with van der Waals surface area (Å²) in [7, 11) is 0. The molecule has 1 N–H and O–H groups in total. The minimum absolute atomic E-state index is 0.0157. The molecule has 0 aliphatic heterocycles. The molecule has 0 aliphatic rings. The highest BCUT2D eigenvalue weighted by molar-refractivity contribution is 5.98. The Morgan fingerprint density at radius 3 is 2.73 bits per heavy atom. The second-order valence-electron chi connectivity index (χ2n) is 3.56. The number of carboxylic acid groups (broad SMARTS) is 1. The van der Waals surface area contributed by atoms with Crippen molar-refractivity contribution < 1.29 is 14.7 Å². The fourth-order valence-corrected chi connectivity index (χ4v) is 1.23. The summed E-state index contributed by atoms with van der Waals surface area (Å²) in [5.41, 5.74) is 1.33. The lowest BCUT2D eigenvalue weighted by Crippen LogP contribution is -2.15. The van der Waals surface area contributed by atoms with Gasteiger partial charge in [-0.3, -0.25) is 14.6 Å². The molecule has 0 spiro atoms. The molecule has 1 aromatic rings. The highest BCUT2D eigenvalue weighted by Gasteiger charge is 2.18. The number of carboxylic acids is 1. The van der Waals surface area contributed by atoms with Crippen molar-refractivity contribution in [1.82, 2.24) is 4.98 Å². The van der Waals surface area contributed by atoms with E-state index in [0.717, 1.165) is 5.56 Å². The predicted molar refractivity (Wildman–Crippen MR) is 54.7 cm³/mol. The minimum Gasteiger partial charge on any atom is -0.481 e. The van der Waals surface area contributed by atoms with Gasteiger partial charge in [-0.2, -0.15) is 0 Å². The fraction of sp³-hybridized carbons (Fsp3) is 0.364. The molecule has 4 nitrogen and oxygen atoms in total. The van der Waals surface area contributed by atoms with Gasteiger partial charge in [0.05, 0.1) is 5.92 Å². The zero-order valence-electron chi connectivity index (χ0n) is 8.73. The molecule has 0 amide bonds. The summed E-state index contributed by atoms with van der Waals surface area (Å²) in [4.78, 5) is 26.1. The van der Waals surface area contributed by atoms with Gasteiger partial charge in [0.15, 0.2) is 5.78 Å². The topological polar surface area (TPSA) is 67.3 Å². The van der Waals surface area contributed by atoms with Crippen molar-refractivity contribution in [3.63, 3.8) is 0 Å². The van der Waals surface area contributed by atoms with Crippen molar-refractivity contribution in [2.75, 3.05) is 0 Å². The summed E-state index contributed by atoms with van der Waals surface area (Å²) in [6.45, 7) is 3.33. The quantitative estimate of drug-likeness (QED) is 0.763. The van der Waals surface area contributed by atoms with Gasteiger partial charge >= 0.3 is 5.97 Å². The molecule has 0 fully saturated rings. The van der Waals surface area contributed by atoms with Crippen LogP contribution in [-0.4, -0.2) is 21.8 Å². The lowest BCUT2D eigenvalue weighted by atomic mass is 9.98. The van der Waals surface area contributed by atoms with Gasteiger partial charge in [0.2, 0.25) is 0 Å². The molecule has 0 aliphatic carbocycles. The van der Waals surface area contributed by atoms with Gasteiger partial charge in [0.25, 0.3) is 0 Å². The third kappa shape index (κ3) is 2.87. The van der Waals surface area contributed by atoms with E-state index in [1.807, 2.05) is 0 Å². The lowest BCUT2D eigenvalue weighted by molar-refractivity contribution is -0.141.